The molecule has 2 atom stereocenters. The summed E-state index contributed by atoms with van der Waals surface area (Å²) in [5, 5.41) is 21.1. The number of unbranched alkanes of at least 4 members (excludes halogenated alkanes) is 3. The van der Waals surface area contributed by atoms with Crippen LogP contribution in [0.3, 0.4) is 0 Å². The fraction of sp³-hybridized carbons (Fsp3) is 0.310. The highest BCUT2D eigenvalue weighted by atomic mass is 35.5. The number of hydrogen-bond donors (Lipinski definition) is 1. The largest absolute Gasteiger partial charge is 0.384 e. The lowest BCUT2D eigenvalue weighted by Gasteiger charge is -2.30. The molecule has 0 aromatic heterocycles. The molecule has 3 nitrogen and oxygen atoms in total. The van der Waals surface area contributed by atoms with Crippen LogP contribution in [-0.4, -0.2) is 29.6 Å². The molecule has 2 unspecified atom stereocenters. The van der Waals surface area contributed by atoms with Gasteiger partial charge in [0.25, 0.3) is 0 Å². The third-order valence-electron chi connectivity index (χ3n) is 9.82. The number of benzene rings is 4. The molecule has 0 amide bonds. The maximum absolute atomic E-state index is 10.9. The van der Waals surface area contributed by atoms with Gasteiger partial charge in [-0.3, -0.25) is 0 Å². The van der Waals surface area contributed by atoms with Crippen molar-refractivity contribution in [3.8, 4) is 6.07 Å². The van der Waals surface area contributed by atoms with Crippen LogP contribution >= 0.6 is 12.4 Å². The molecule has 6 rings (SSSR count). The summed E-state index contributed by atoms with van der Waals surface area (Å²) >= 11 is 0. The monoisotopic (exact) mass is 628 g/mol. The minimum absolute atomic E-state index is 0. The van der Waals surface area contributed by atoms with E-state index in [1.54, 1.807) is 5.57 Å². The van der Waals surface area contributed by atoms with Crippen LogP contribution in [0.5, 0.6) is 0 Å². The second-order valence-electron chi connectivity index (χ2n) is 12.9. The average Bonchev–Trinajstić information content (AvgIpc) is 3.27. The Labute approximate surface area is 281 Å². The molecular weight excluding hydrogens is 584 g/mol. The molecule has 1 heterocycles. The van der Waals surface area contributed by atoms with Crippen molar-refractivity contribution in [2.45, 2.75) is 63.4 Å². The summed E-state index contributed by atoms with van der Waals surface area (Å²) in [6.45, 7) is 5.43. The Kier molecular flexibility index (Phi) is 11.3. The molecule has 0 saturated carbocycles. The van der Waals surface area contributed by atoms with Gasteiger partial charge in [0, 0.05) is 13.1 Å². The van der Waals surface area contributed by atoms with Crippen molar-refractivity contribution in [3.63, 3.8) is 0 Å². The number of nitrogens with zero attached hydrogens (tertiary/aromatic N) is 2. The first-order chi connectivity index (χ1) is 22.1. The van der Waals surface area contributed by atoms with E-state index in [0.717, 1.165) is 68.4 Å². The maximum atomic E-state index is 10.9. The van der Waals surface area contributed by atoms with Gasteiger partial charge in [0.15, 0.2) is 0 Å². The number of aliphatic hydroxyl groups excluding tert-OH is 1. The summed E-state index contributed by atoms with van der Waals surface area (Å²) in [6.07, 6.45) is 11.5. The van der Waals surface area contributed by atoms with Crippen molar-refractivity contribution in [2.24, 2.45) is 0 Å². The van der Waals surface area contributed by atoms with Gasteiger partial charge >= 0.3 is 0 Å². The summed E-state index contributed by atoms with van der Waals surface area (Å²) in [4.78, 5) is 2.64. The van der Waals surface area contributed by atoms with E-state index in [1.165, 1.54) is 40.7 Å². The van der Waals surface area contributed by atoms with E-state index in [9.17, 15) is 10.4 Å². The Morgan fingerprint density at radius 2 is 1.33 bits per heavy atom. The number of rotatable bonds is 10. The lowest BCUT2D eigenvalue weighted by Crippen LogP contribution is -2.32. The van der Waals surface area contributed by atoms with Gasteiger partial charge in [0.05, 0.1) is 11.5 Å². The van der Waals surface area contributed by atoms with Gasteiger partial charge < -0.3 is 10.0 Å². The standard InChI is InChI=1S/C42H44N2O.ClH/c1-42(31-43,37-19-13-18-36(30-37)41(45)35-16-5-4-6-17-35)26-11-2-3-12-27-44-28-24-34(25-29-44)40-38-20-9-7-14-32(38)22-23-33-15-8-10-21-39(33)40;/h4-10,13-23,30,41,45H,2-3,11-12,24-29H2,1H3;1H. The molecule has 4 aromatic carbocycles. The molecular formula is C42H45ClN2O. The van der Waals surface area contributed by atoms with Crippen molar-refractivity contribution < 1.29 is 5.11 Å². The minimum Gasteiger partial charge on any atom is -0.384 e. The van der Waals surface area contributed by atoms with Crippen LogP contribution in [0.4, 0.5) is 0 Å². The van der Waals surface area contributed by atoms with Crippen LogP contribution in [0.15, 0.2) is 109 Å². The predicted octanol–water partition coefficient (Wildman–Crippen LogP) is 10.0. The zero-order valence-electron chi connectivity index (χ0n) is 26.9. The number of aliphatic hydroxyl groups is 1. The molecule has 4 aromatic rings. The number of halogens is 1. The fourth-order valence-corrected chi connectivity index (χ4v) is 7.05. The van der Waals surface area contributed by atoms with E-state index < -0.39 is 11.5 Å². The molecule has 46 heavy (non-hydrogen) atoms. The number of nitriles is 1. The average molecular weight is 629 g/mol. The number of piperidine rings is 1. The number of likely N-dealkylation sites (tertiary alicyclic amines) is 1. The van der Waals surface area contributed by atoms with Gasteiger partial charge in [0.2, 0.25) is 0 Å². The smallest absolute Gasteiger partial charge is 0.104 e. The Morgan fingerprint density at radius 1 is 0.739 bits per heavy atom. The molecule has 1 saturated heterocycles. The van der Waals surface area contributed by atoms with Crippen molar-refractivity contribution in [1.82, 2.24) is 4.90 Å². The molecule has 0 bridgehead atoms. The first-order valence-corrected chi connectivity index (χ1v) is 16.6. The van der Waals surface area contributed by atoms with Crippen LogP contribution in [0.1, 0.15) is 96.9 Å². The third kappa shape index (κ3) is 7.54. The van der Waals surface area contributed by atoms with Crippen LogP contribution in [-0.2, 0) is 5.41 Å². The summed E-state index contributed by atoms with van der Waals surface area (Å²) in [5.41, 5.74) is 10.5. The van der Waals surface area contributed by atoms with Gasteiger partial charge in [0.1, 0.15) is 6.10 Å². The zero-order chi connectivity index (χ0) is 31.1. The molecule has 1 aliphatic heterocycles. The molecule has 0 radical (unpaired) electrons. The Bertz CT molecular complexity index is 1660. The van der Waals surface area contributed by atoms with Crippen molar-refractivity contribution in [3.05, 3.63) is 148 Å². The van der Waals surface area contributed by atoms with Gasteiger partial charge in [-0.2, -0.15) is 5.26 Å². The highest BCUT2D eigenvalue weighted by molar-refractivity contribution is 5.94. The zero-order valence-corrected chi connectivity index (χ0v) is 27.7. The molecule has 2 aliphatic rings. The second-order valence-corrected chi connectivity index (χ2v) is 12.9. The van der Waals surface area contributed by atoms with Crippen LogP contribution in [0, 0.1) is 11.3 Å². The Hall–Kier alpha value is -3.94. The topological polar surface area (TPSA) is 47.3 Å². The van der Waals surface area contributed by atoms with Gasteiger partial charge in [-0.05, 0) is 83.7 Å². The summed E-state index contributed by atoms with van der Waals surface area (Å²) in [7, 11) is 0. The number of hydrogen-bond acceptors (Lipinski definition) is 3. The normalized spacial score (nSPS) is 16.3. The van der Waals surface area contributed by atoms with E-state index in [0.29, 0.717) is 0 Å². The lowest BCUT2D eigenvalue weighted by molar-refractivity contribution is 0.220. The Morgan fingerprint density at radius 3 is 1.98 bits per heavy atom. The van der Waals surface area contributed by atoms with E-state index in [1.807, 2.05) is 61.5 Å². The quantitative estimate of drug-likeness (QED) is 0.157. The molecule has 0 spiro atoms. The number of fused-ring (bicyclic) bond motifs is 2. The lowest BCUT2D eigenvalue weighted by atomic mass is 9.78. The summed E-state index contributed by atoms with van der Waals surface area (Å²) in [6, 6.07) is 37.9. The van der Waals surface area contributed by atoms with Crippen molar-refractivity contribution in [2.75, 3.05) is 19.6 Å². The fourth-order valence-electron chi connectivity index (χ4n) is 7.05. The molecule has 1 aliphatic carbocycles. The highest BCUT2D eigenvalue weighted by Gasteiger charge is 2.27. The molecule has 4 heteroatoms. The van der Waals surface area contributed by atoms with Crippen LogP contribution in [0.2, 0.25) is 0 Å². The van der Waals surface area contributed by atoms with E-state index >= 15 is 0 Å². The van der Waals surface area contributed by atoms with Crippen molar-refractivity contribution >= 4 is 30.1 Å². The summed E-state index contributed by atoms with van der Waals surface area (Å²) in [5.74, 6) is 0. The van der Waals surface area contributed by atoms with Crippen LogP contribution < -0.4 is 0 Å². The van der Waals surface area contributed by atoms with E-state index in [2.05, 4.69) is 71.7 Å². The minimum atomic E-state index is -0.688. The molecule has 236 valence electrons. The summed E-state index contributed by atoms with van der Waals surface area (Å²) < 4.78 is 0. The first-order valence-electron chi connectivity index (χ1n) is 16.6. The van der Waals surface area contributed by atoms with E-state index in [-0.39, 0.29) is 12.4 Å². The van der Waals surface area contributed by atoms with Gasteiger partial charge in [-0.1, -0.05) is 140 Å². The second kappa shape index (κ2) is 15.6. The highest BCUT2D eigenvalue weighted by Crippen LogP contribution is 2.39. The van der Waals surface area contributed by atoms with Gasteiger partial charge in [-0.25, -0.2) is 0 Å². The Balaban J connectivity index is 0.00000417. The van der Waals surface area contributed by atoms with Crippen LogP contribution in [0.25, 0.3) is 17.7 Å². The SMILES string of the molecule is CC(C#N)(CCCCCCN1CCC(=C2c3ccccc3C=Cc3ccccc32)CC1)c1cccc(C(O)c2ccccc2)c1.Cl. The maximum Gasteiger partial charge on any atom is 0.104 e. The predicted molar refractivity (Wildman–Crippen MR) is 194 cm³/mol. The first kappa shape index (κ1) is 33.4. The third-order valence-corrected chi connectivity index (χ3v) is 9.82. The molecule has 1 N–H and O–H groups in total. The molecule has 1 fully saturated rings. The van der Waals surface area contributed by atoms with Crippen molar-refractivity contribution in [1.29, 1.82) is 5.26 Å². The van der Waals surface area contributed by atoms with Gasteiger partial charge in [-0.15, -0.1) is 12.4 Å². The van der Waals surface area contributed by atoms with E-state index in [4.69, 9.17) is 0 Å².